The van der Waals surface area contributed by atoms with Crippen LogP contribution in [0.4, 0.5) is 0 Å². The van der Waals surface area contributed by atoms with E-state index >= 15 is 0 Å². The monoisotopic (exact) mass is 206 g/mol. The fraction of sp³-hybridized carbons (Fsp3) is 0.417. The summed E-state index contributed by atoms with van der Waals surface area (Å²) in [5.74, 6) is -0.265. The normalized spacial score (nSPS) is 25.1. The van der Waals surface area contributed by atoms with E-state index in [2.05, 4.69) is 0 Å². The molecule has 1 saturated heterocycles. The van der Waals surface area contributed by atoms with E-state index in [1.54, 1.807) is 12.1 Å². The van der Waals surface area contributed by atoms with Crippen LogP contribution in [-0.4, -0.2) is 24.8 Å². The quantitative estimate of drug-likeness (QED) is 0.694. The van der Waals surface area contributed by atoms with Gasteiger partial charge in [-0.05, 0) is 19.1 Å². The van der Waals surface area contributed by atoms with Crippen LogP contribution in [0.25, 0.3) is 0 Å². The zero-order valence-corrected chi connectivity index (χ0v) is 8.68. The summed E-state index contributed by atoms with van der Waals surface area (Å²) in [4.78, 5) is 11.6. The molecule has 2 rings (SSSR count). The summed E-state index contributed by atoms with van der Waals surface area (Å²) in [5.41, 5.74) is 0.594. The zero-order chi connectivity index (χ0) is 10.7. The van der Waals surface area contributed by atoms with Crippen LogP contribution >= 0.6 is 0 Å². The van der Waals surface area contributed by atoms with Gasteiger partial charge < -0.3 is 9.47 Å². The highest BCUT2D eigenvalue weighted by molar-refractivity contribution is 5.89. The van der Waals surface area contributed by atoms with Gasteiger partial charge in [0.25, 0.3) is 0 Å². The highest BCUT2D eigenvalue weighted by Gasteiger charge is 2.25. The Morgan fingerprint density at radius 2 is 2.13 bits per heavy atom. The molecule has 0 N–H and O–H groups in total. The highest BCUT2D eigenvalue weighted by Crippen LogP contribution is 2.17. The number of hydrogen-bond acceptors (Lipinski definition) is 3. The maximum absolute atomic E-state index is 11.6. The van der Waals surface area contributed by atoms with E-state index in [4.69, 9.17) is 9.47 Å². The van der Waals surface area contributed by atoms with Crippen LogP contribution in [0.5, 0.6) is 0 Å². The Hall–Kier alpha value is -1.35. The predicted octanol–water partition coefficient (Wildman–Crippen LogP) is 2.02. The smallest absolute Gasteiger partial charge is 0.338 e. The number of esters is 1. The van der Waals surface area contributed by atoms with Gasteiger partial charge in [0.1, 0.15) is 6.10 Å². The molecular weight excluding hydrogens is 192 g/mol. The number of carbonyl (C=O) groups is 1. The fourth-order valence-corrected chi connectivity index (χ4v) is 1.65. The molecule has 1 aromatic rings. The fourth-order valence-electron chi connectivity index (χ4n) is 1.65. The van der Waals surface area contributed by atoms with Crippen molar-refractivity contribution in [3.63, 3.8) is 0 Å². The lowest BCUT2D eigenvalue weighted by Crippen LogP contribution is -2.18. The number of ether oxygens (including phenoxy) is 2. The second kappa shape index (κ2) is 4.45. The molecule has 0 amide bonds. The largest absolute Gasteiger partial charge is 0.456 e. The first-order valence-corrected chi connectivity index (χ1v) is 5.13. The van der Waals surface area contributed by atoms with Gasteiger partial charge in [-0.1, -0.05) is 18.2 Å². The molecule has 1 fully saturated rings. The molecule has 2 atom stereocenters. The Morgan fingerprint density at radius 3 is 2.73 bits per heavy atom. The lowest BCUT2D eigenvalue weighted by atomic mass is 10.2. The molecule has 0 aliphatic carbocycles. The van der Waals surface area contributed by atoms with Crippen molar-refractivity contribution in [2.75, 3.05) is 6.61 Å². The Morgan fingerprint density at radius 1 is 1.40 bits per heavy atom. The van der Waals surface area contributed by atoms with Crippen LogP contribution in [-0.2, 0) is 9.47 Å². The van der Waals surface area contributed by atoms with Gasteiger partial charge in [-0.25, -0.2) is 4.79 Å². The zero-order valence-electron chi connectivity index (χ0n) is 8.68. The molecule has 0 bridgehead atoms. The van der Waals surface area contributed by atoms with Gasteiger partial charge in [-0.3, -0.25) is 0 Å². The second-order valence-corrected chi connectivity index (χ2v) is 3.77. The number of benzene rings is 1. The van der Waals surface area contributed by atoms with Crippen LogP contribution in [0, 0.1) is 0 Å². The molecule has 0 unspecified atom stereocenters. The third kappa shape index (κ3) is 2.57. The van der Waals surface area contributed by atoms with E-state index in [1.165, 1.54) is 0 Å². The Labute approximate surface area is 89.0 Å². The Kier molecular flexibility index (Phi) is 3.02. The minimum Gasteiger partial charge on any atom is -0.456 e. The molecule has 1 heterocycles. The molecule has 15 heavy (non-hydrogen) atoms. The molecule has 0 radical (unpaired) electrons. The van der Waals surface area contributed by atoms with Gasteiger partial charge in [-0.15, -0.1) is 0 Å². The van der Waals surface area contributed by atoms with Crippen molar-refractivity contribution in [3.05, 3.63) is 35.9 Å². The van der Waals surface area contributed by atoms with Crippen molar-refractivity contribution in [2.45, 2.75) is 25.6 Å². The van der Waals surface area contributed by atoms with E-state index in [9.17, 15) is 4.79 Å². The molecule has 3 nitrogen and oxygen atoms in total. The number of carbonyl (C=O) groups excluding carboxylic acids is 1. The van der Waals surface area contributed by atoms with Gasteiger partial charge >= 0.3 is 5.97 Å². The lowest BCUT2D eigenvalue weighted by molar-refractivity contribution is 0.0258. The number of rotatable bonds is 2. The van der Waals surface area contributed by atoms with Crippen LogP contribution in [0.15, 0.2) is 30.3 Å². The van der Waals surface area contributed by atoms with E-state index in [0.29, 0.717) is 12.2 Å². The van der Waals surface area contributed by atoms with Crippen LogP contribution in [0.3, 0.4) is 0 Å². The topological polar surface area (TPSA) is 35.5 Å². The van der Waals surface area contributed by atoms with Crippen molar-refractivity contribution < 1.29 is 14.3 Å². The minimum absolute atomic E-state index is 0.0901. The van der Waals surface area contributed by atoms with Gasteiger partial charge in [0.15, 0.2) is 0 Å². The Bertz CT molecular complexity index is 334. The standard InChI is InChI=1S/C12H14O3/c1-9-7-11(8-14-9)15-12(13)10-5-3-2-4-6-10/h2-6,9,11H,7-8H2,1H3/t9-,11-/m0/s1. The molecule has 3 heteroatoms. The molecule has 80 valence electrons. The first-order valence-electron chi connectivity index (χ1n) is 5.13. The summed E-state index contributed by atoms with van der Waals surface area (Å²) in [7, 11) is 0. The molecule has 1 aliphatic rings. The van der Waals surface area contributed by atoms with Crippen molar-refractivity contribution in [1.29, 1.82) is 0 Å². The summed E-state index contributed by atoms with van der Waals surface area (Å²) in [6.07, 6.45) is 0.893. The maximum Gasteiger partial charge on any atom is 0.338 e. The third-order valence-corrected chi connectivity index (χ3v) is 2.44. The van der Waals surface area contributed by atoms with E-state index in [-0.39, 0.29) is 18.2 Å². The summed E-state index contributed by atoms with van der Waals surface area (Å²) in [6.45, 7) is 2.50. The second-order valence-electron chi connectivity index (χ2n) is 3.77. The summed E-state index contributed by atoms with van der Waals surface area (Å²) in [6, 6.07) is 9.02. The predicted molar refractivity (Wildman–Crippen MR) is 55.7 cm³/mol. The van der Waals surface area contributed by atoms with Gasteiger partial charge in [0.2, 0.25) is 0 Å². The van der Waals surface area contributed by atoms with Gasteiger partial charge in [-0.2, -0.15) is 0 Å². The minimum atomic E-state index is -0.265. The first-order chi connectivity index (χ1) is 7.25. The summed E-state index contributed by atoms with van der Waals surface area (Å²) >= 11 is 0. The molecule has 1 aliphatic heterocycles. The molecule has 0 saturated carbocycles. The van der Waals surface area contributed by atoms with Crippen molar-refractivity contribution in [2.24, 2.45) is 0 Å². The van der Waals surface area contributed by atoms with Crippen LogP contribution in [0.1, 0.15) is 23.7 Å². The molecule has 0 aromatic heterocycles. The molecule has 0 spiro atoms. The van der Waals surface area contributed by atoms with E-state index < -0.39 is 0 Å². The van der Waals surface area contributed by atoms with E-state index in [0.717, 1.165) is 6.42 Å². The maximum atomic E-state index is 11.6. The van der Waals surface area contributed by atoms with Gasteiger partial charge in [0.05, 0.1) is 18.3 Å². The summed E-state index contributed by atoms with van der Waals surface area (Å²) < 4.78 is 10.6. The average Bonchev–Trinajstić information content (AvgIpc) is 2.65. The summed E-state index contributed by atoms with van der Waals surface area (Å²) in [5, 5.41) is 0. The molecule has 1 aromatic carbocycles. The average molecular weight is 206 g/mol. The van der Waals surface area contributed by atoms with E-state index in [1.807, 2.05) is 25.1 Å². The SMILES string of the molecule is C[C@H]1C[C@H](OC(=O)c2ccccc2)CO1. The number of hydrogen-bond donors (Lipinski definition) is 0. The first kappa shape index (κ1) is 10.2. The Balaban J connectivity index is 1.93. The molecular formula is C12H14O3. The highest BCUT2D eigenvalue weighted by atomic mass is 16.6. The van der Waals surface area contributed by atoms with Crippen molar-refractivity contribution in [3.8, 4) is 0 Å². The van der Waals surface area contributed by atoms with Crippen LogP contribution < -0.4 is 0 Å². The van der Waals surface area contributed by atoms with Gasteiger partial charge in [0, 0.05) is 6.42 Å². The van der Waals surface area contributed by atoms with Crippen molar-refractivity contribution in [1.82, 2.24) is 0 Å². The third-order valence-electron chi connectivity index (χ3n) is 2.44. The lowest BCUT2D eigenvalue weighted by Gasteiger charge is -2.09. The van der Waals surface area contributed by atoms with Crippen molar-refractivity contribution >= 4 is 5.97 Å². The van der Waals surface area contributed by atoms with Crippen LogP contribution in [0.2, 0.25) is 0 Å².